The highest BCUT2D eigenvalue weighted by atomic mass is 15.3. The molecule has 13 heavy (non-hydrogen) atoms. The molecule has 0 fully saturated rings. The van der Waals surface area contributed by atoms with E-state index in [4.69, 9.17) is 5.73 Å². The van der Waals surface area contributed by atoms with Crippen LogP contribution >= 0.6 is 0 Å². The van der Waals surface area contributed by atoms with Crippen LogP contribution in [-0.2, 0) is 0 Å². The normalized spacial score (nSPS) is 10.2. The van der Waals surface area contributed by atoms with Gasteiger partial charge in [-0.3, -0.25) is 0 Å². The van der Waals surface area contributed by atoms with E-state index in [0.717, 1.165) is 5.69 Å². The molecule has 0 amide bonds. The standard InChI is InChI=1S/C10H11N3/c1-8-3-2-4-10(5-8)13-7-9(11)6-12-13/h2-7H,11H2,1H3. The number of aromatic nitrogens is 2. The molecular formula is C10H11N3. The van der Waals surface area contributed by atoms with Crippen molar-refractivity contribution < 1.29 is 0 Å². The first-order valence-electron chi connectivity index (χ1n) is 4.13. The number of anilines is 1. The van der Waals surface area contributed by atoms with E-state index in [1.165, 1.54) is 5.56 Å². The molecule has 0 saturated carbocycles. The van der Waals surface area contributed by atoms with Gasteiger partial charge in [0.15, 0.2) is 0 Å². The van der Waals surface area contributed by atoms with Crippen molar-refractivity contribution >= 4 is 5.69 Å². The third-order valence-corrected chi connectivity index (χ3v) is 1.87. The zero-order valence-electron chi connectivity index (χ0n) is 7.44. The van der Waals surface area contributed by atoms with Gasteiger partial charge in [0.05, 0.1) is 23.8 Å². The number of hydrogen-bond acceptors (Lipinski definition) is 2. The molecule has 0 bridgehead atoms. The summed E-state index contributed by atoms with van der Waals surface area (Å²) in [5.41, 5.74) is 8.51. The van der Waals surface area contributed by atoms with Crippen LogP contribution in [0.2, 0.25) is 0 Å². The molecule has 1 aromatic carbocycles. The van der Waals surface area contributed by atoms with Crippen LogP contribution < -0.4 is 5.73 Å². The quantitative estimate of drug-likeness (QED) is 0.714. The summed E-state index contributed by atoms with van der Waals surface area (Å²) in [6.07, 6.45) is 3.44. The predicted octanol–water partition coefficient (Wildman–Crippen LogP) is 1.76. The van der Waals surface area contributed by atoms with E-state index in [0.29, 0.717) is 5.69 Å². The van der Waals surface area contributed by atoms with Gasteiger partial charge in [-0.2, -0.15) is 5.10 Å². The van der Waals surface area contributed by atoms with Crippen molar-refractivity contribution in [1.82, 2.24) is 9.78 Å². The van der Waals surface area contributed by atoms with Crippen LogP contribution in [0.4, 0.5) is 5.69 Å². The fraction of sp³-hybridized carbons (Fsp3) is 0.100. The van der Waals surface area contributed by atoms with Gasteiger partial charge < -0.3 is 5.73 Å². The molecule has 0 saturated heterocycles. The summed E-state index contributed by atoms with van der Waals surface area (Å²) >= 11 is 0. The van der Waals surface area contributed by atoms with Crippen LogP contribution in [-0.4, -0.2) is 9.78 Å². The Hall–Kier alpha value is -1.77. The highest BCUT2D eigenvalue weighted by molar-refractivity contribution is 5.39. The average Bonchev–Trinajstić information content (AvgIpc) is 2.52. The molecule has 0 unspecified atom stereocenters. The van der Waals surface area contributed by atoms with Crippen LogP contribution in [0.5, 0.6) is 0 Å². The van der Waals surface area contributed by atoms with Crippen molar-refractivity contribution in [3.05, 3.63) is 42.2 Å². The molecule has 2 aromatic rings. The minimum Gasteiger partial charge on any atom is -0.396 e. The SMILES string of the molecule is Cc1cccc(-n2cc(N)cn2)c1. The third-order valence-electron chi connectivity index (χ3n) is 1.87. The van der Waals surface area contributed by atoms with Gasteiger partial charge in [0.2, 0.25) is 0 Å². The van der Waals surface area contributed by atoms with Gasteiger partial charge >= 0.3 is 0 Å². The summed E-state index contributed by atoms with van der Waals surface area (Å²) in [5, 5.41) is 4.12. The van der Waals surface area contributed by atoms with Crippen molar-refractivity contribution in [2.24, 2.45) is 0 Å². The Bertz CT molecular complexity index is 418. The Morgan fingerprint density at radius 2 is 2.23 bits per heavy atom. The Labute approximate surface area is 76.8 Å². The minimum absolute atomic E-state index is 0.682. The lowest BCUT2D eigenvalue weighted by Crippen LogP contribution is -1.93. The van der Waals surface area contributed by atoms with E-state index in [9.17, 15) is 0 Å². The van der Waals surface area contributed by atoms with Gasteiger partial charge in [-0.25, -0.2) is 4.68 Å². The average molecular weight is 173 g/mol. The van der Waals surface area contributed by atoms with Crippen molar-refractivity contribution in [1.29, 1.82) is 0 Å². The molecule has 0 aliphatic rings. The Balaban J connectivity index is 2.46. The van der Waals surface area contributed by atoms with Gasteiger partial charge in [-0.05, 0) is 24.6 Å². The van der Waals surface area contributed by atoms with Crippen LogP contribution in [0.25, 0.3) is 5.69 Å². The molecule has 1 aromatic heterocycles. The van der Waals surface area contributed by atoms with E-state index in [2.05, 4.69) is 24.2 Å². The molecule has 1 heterocycles. The number of nitrogen functional groups attached to an aromatic ring is 1. The smallest absolute Gasteiger partial charge is 0.0724 e. The van der Waals surface area contributed by atoms with Crippen molar-refractivity contribution in [2.75, 3.05) is 5.73 Å². The van der Waals surface area contributed by atoms with Gasteiger partial charge in [-0.1, -0.05) is 12.1 Å². The molecule has 0 aliphatic heterocycles. The van der Waals surface area contributed by atoms with E-state index in [-0.39, 0.29) is 0 Å². The predicted molar refractivity (Wildman–Crippen MR) is 52.7 cm³/mol. The molecule has 2 rings (SSSR count). The first-order chi connectivity index (χ1) is 6.25. The Morgan fingerprint density at radius 1 is 1.38 bits per heavy atom. The van der Waals surface area contributed by atoms with E-state index in [1.54, 1.807) is 17.1 Å². The number of benzene rings is 1. The first kappa shape index (κ1) is 7.86. The maximum absolute atomic E-state index is 5.57. The summed E-state index contributed by atoms with van der Waals surface area (Å²) in [4.78, 5) is 0. The van der Waals surface area contributed by atoms with E-state index in [1.807, 2.05) is 12.1 Å². The zero-order valence-corrected chi connectivity index (χ0v) is 7.44. The number of aryl methyl sites for hydroxylation is 1. The number of hydrogen-bond donors (Lipinski definition) is 1. The molecule has 0 aliphatic carbocycles. The molecule has 0 atom stereocenters. The zero-order chi connectivity index (χ0) is 9.26. The third kappa shape index (κ3) is 1.54. The van der Waals surface area contributed by atoms with Gasteiger partial charge in [-0.15, -0.1) is 0 Å². The van der Waals surface area contributed by atoms with Gasteiger partial charge in [0.1, 0.15) is 0 Å². The lowest BCUT2D eigenvalue weighted by molar-refractivity contribution is 0.879. The number of rotatable bonds is 1. The summed E-state index contributed by atoms with van der Waals surface area (Å²) in [6.45, 7) is 2.05. The van der Waals surface area contributed by atoms with Crippen LogP contribution in [0.15, 0.2) is 36.7 Å². The maximum atomic E-state index is 5.57. The molecule has 66 valence electrons. The number of nitrogens with zero attached hydrogens (tertiary/aromatic N) is 2. The summed E-state index contributed by atoms with van der Waals surface area (Å²) in [6, 6.07) is 8.12. The summed E-state index contributed by atoms with van der Waals surface area (Å²) in [7, 11) is 0. The molecule has 2 N–H and O–H groups in total. The largest absolute Gasteiger partial charge is 0.396 e. The fourth-order valence-corrected chi connectivity index (χ4v) is 1.25. The molecule has 0 spiro atoms. The fourth-order valence-electron chi connectivity index (χ4n) is 1.25. The topological polar surface area (TPSA) is 43.8 Å². The highest BCUT2D eigenvalue weighted by Crippen LogP contribution is 2.10. The van der Waals surface area contributed by atoms with Crippen LogP contribution in [0.3, 0.4) is 0 Å². The minimum atomic E-state index is 0.682. The van der Waals surface area contributed by atoms with Gasteiger partial charge in [0.25, 0.3) is 0 Å². The number of nitrogens with two attached hydrogens (primary N) is 1. The monoisotopic (exact) mass is 173 g/mol. The van der Waals surface area contributed by atoms with E-state index >= 15 is 0 Å². The second-order valence-electron chi connectivity index (χ2n) is 3.06. The lowest BCUT2D eigenvalue weighted by atomic mass is 10.2. The maximum Gasteiger partial charge on any atom is 0.0724 e. The molecule has 3 heteroatoms. The van der Waals surface area contributed by atoms with E-state index < -0.39 is 0 Å². The molecule has 3 nitrogen and oxygen atoms in total. The van der Waals surface area contributed by atoms with Crippen LogP contribution in [0, 0.1) is 6.92 Å². The summed E-state index contributed by atoms with van der Waals surface area (Å²) in [5.74, 6) is 0. The highest BCUT2D eigenvalue weighted by Gasteiger charge is 1.97. The molecule has 0 radical (unpaired) electrons. The molecular weight excluding hydrogens is 162 g/mol. The second-order valence-corrected chi connectivity index (χ2v) is 3.06. The Morgan fingerprint density at radius 3 is 2.85 bits per heavy atom. The first-order valence-corrected chi connectivity index (χ1v) is 4.13. The Kier molecular flexibility index (Phi) is 1.77. The van der Waals surface area contributed by atoms with Gasteiger partial charge in [0, 0.05) is 0 Å². The van der Waals surface area contributed by atoms with Crippen molar-refractivity contribution in [2.45, 2.75) is 6.92 Å². The van der Waals surface area contributed by atoms with Crippen molar-refractivity contribution in [3.63, 3.8) is 0 Å². The van der Waals surface area contributed by atoms with Crippen molar-refractivity contribution in [3.8, 4) is 5.69 Å². The second kappa shape index (κ2) is 2.94. The van der Waals surface area contributed by atoms with Crippen LogP contribution in [0.1, 0.15) is 5.56 Å². The summed E-state index contributed by atoms with van der Waals surface area (Å²) < 4.78 is 1.77. The lowest BCUT2D eigenvalue weighted by Gasteiger charge is -2.00.